The summed E-state index contributed by atoms with van der Waals surface area (Å²) in [4.78, 5) is 25.9. The molecule has 2 heterocycles. The predicted octanol–water partition coefficient (Wildman–Crippen LogP) is 5.89. The quantitative estimate of drug-likeness (QED) is 0.342. The molecule has 4 rings (SSSR count). The van der Waals surface area contributed by atoms with Crippen molar-refractivity contribution < 1.29 is 28.4 Å². The maximum atomic E-state index is 12.9. The van der Waals surface area contributed by atoms with Gasteiger partial charge in [0.1, 0.15) is 11.2 Å². The molecule has 0 radical (unpaired) electrons. The highest BCUT2D eigenvalue weighted by Crippen LogP contribution is 2.29. The average Bonchev–Trinajstić information content (AvgIpc) is 3.29. The molecule has 0 fully saturated rings. The number of carbonyl (C=O) groups is 2. The second-order valence-electron chi connectivity index (χ2n) is 10.1. The van der Waals surface area contributed by atoms with Crippen LogP contribution in [-0.4, -0.2) is 40.2 Å². The minimum atomic E-state index is -0.676. The van der Waals surface area contributed by atoms with Crippen molar-refractivity contribution in [2.75, 3.05) is 0 Å². The summed E-state index contributed by atoms with van der Waals surface area (Å²) in [5.41, 5.74) is -0.0472. The second kappa shape index (κ2) is 9.05. The Hall–Kier alpha value is -3.88. The molecule has 2 aromatic carbocycles. The van der Waals surface area contributed by atoms with Gasteiger partial charge in [-0.1, -0.05) is 36.4 Å². The van der Waals surface area contributed by atoms with Gasteiger partial charge in [0.15, 0.2) is 11.8 Å². The Labute approximate surface area is 204 Å². The van der Waals surface area contributed by atoms with E-state index in [1.165, 1.54) is 9.13 Å². The lowest BCUT2D eigenvalue weighted by atomic mass is 10.2. The van der Waals surface area contributed by atoms with Crippen molar-refractivity contribution in [1.82, 2.24) is 9.13 Å². The Morgan fingerprint density at radius 1 is 0.657 bits per heavy atom. The van der Waals surface area contributed by atoms with Gasteiger partial charge in [0, 0.05) is 22.9 Å². The largest absolute Gasteiger partial charge is 0.578 e. The second-order valence-corrected chi connectivity index (χ2v) is 10.1. The topological polar surface area (TPSA) is 80.9 Å². The van der Waals surface area contributed by atoms with Crippen LogP contribution in [-0.2, 0) is 9.47 Å². The van der Waals surface area contributed by atoms with Gasteiger partial charge in [-0.25, -0.2) is 18.7 Å². The van der Waals surface area contributed by atoms with Gasteiger partial charge in [0.25, 0.3) is 0 Å². The zero-order chi connectivity index (χ0) is 25.4. The first kappa shape index (κ1) is 24.3. The van der Waals surface area contributed by atoms with Crippen LogP contribution < -0.4 is 9.31 Å². The minimum absolute atomic E-state index is 0.252. The maximum Gasteiger partial charge on any atom is 0.578 e. The molecule has 0 saturated carbocycles. The summed E-state index contributed by atoms with van der Waals surface area (Å²) in [6, 6.07) is 18.3. The fraction of sp³-hybridized carbons (Fsp3) is 0.308. The Morgan fingerprint density at radius 3 is 1.40 bits per heavy atom. The summed E-state index contributed by atoms with van der Waals surface area (Å²) < 4.78 is 25.6. The number of ether oxygens (including phenoxy) is 2. The smallest absolute Gasteiger partial charge is 0.515 e. The van der Waals surface area contributed by atoms with Gasteiger partial charge in [0.05, 0.1) is 11.0 Å². The Morgan fingerprint density at radius 2 is 1.03 bits per heavy atom. The molecule has 182 valence electrons. The van der Waals surface area contributed by atoms with E-state index >= 15 is 0 Å². The van der Waals surface area contributed by atoms with Crippen molar-refractivity contribution in [2.24, 2.45) is 0 Å². The number of carbonyl (C=O) groups excluding carboxylic acids is 2. The molecule has 4 aromatic rings. The standard InChI is InChI=1S/C26H29BN2O6/c1-25(2,3)32-23(30)28-19-13-9-7-11-17(19)15-21(28)34-27-35-22-16-18-12-8-10-14-20(18)29(22)24(31)33-26(4,5)6/h7-16,27H,1-6H3. The molecule has 0 bridgehead atoms. The van der Waals surface area contributed by atoms with Crippen LogP contribution in [0.15, 0.2) is 60.7 Å². The van der Waals surface area contributed by atoms with E-state index in [1.54, 1.807) is 53.7 Å². The third kappa shape index (κ3) is 5.45. The van der Waals surface area contributed by atoms with E-state index in [4.69, 9.17) is 18.8 Å². The molecular weight excluding hydrogens is 447 g/mol. The number of nitrogens with zero attached hydrogens (tertiary/aromatic N) is 2. The maximum absolute atomic E-state index is 12.9. The summed E-state index contributed by atoms with van der Waals surface area (Å²) in [5, 5.41) is 1.63. The molecule has 0 atom stereocenters. The first-order valence-electron chi connectivity index (χ1n) is 11.4. The van der Waals surface area contributed by atoms with Gasteiger partial charge in [-0.3, -0.25) is 0 Å². The Bertz CT molecular complexity index is 1280. The highest BCUT2D eigenvalue weighted by molar-refractivity contribution is 6.21. The molecule has 35 heavy (non-hydrogen) atoms. The summed E-state index contributed by atoms with van der Waals surface area (Å²) in [6.45, 7) is 10.8. The van der Waals surface area contributed by atoms with Crippen molar-refractivity contribution in [2.45, 2.75) is 52.7 Å². The van der Waals surface area contributed by atoms with Crippen molar-refractivity contribution in [3.63, 3.8) is 0 Å². The lowest BCUT2D eigenvalue weighted by molar-refractivity contribution is 0.0528. The van der Waals surface area contributed by atoms with Crippen LogP contribution >= 0.6 is 0 Å². The van der Waals surface area contributed by atoms with E-state index < -0.39 is 23.4 Å². The molecule has 0 aliphatic heterocycles. The summed E-state index contributed by atoms with van der Waals surface area (Å²) in [7, 11) is -0.252. The minimum Gasteiger partial charge on any atom is -0.515 e. The monoisotopic (exact) mass is 476 g/mol. The molecule has 0 N–H and O–H groups in total. The number of fused-ring (bicyclic) bond motifs is 2. The van der Waals surface area contributed by atoms with E-state index in [0.717, 1.165) is 10.8 Å². The third-order valence-electron chi connectivity index (χ3n) is 4.92. The predicted molar refractivity (Wildman–Crippen MR) is 136 cm³/mol. The third-order valence-corrected chi connectivity index (χ3v) is 4.92. The Kier molecular flexibility index (Phi) is 6.27. The number of para-hydroxylation sites is 2. The fourth-order valence-corrected chi connectivity index (χ4v) is 3.61. The van der Waals surface area contributed by atoms with Crippen molar-refractivity contribution in [1.29, 1.82) is 0 Å². The molecule has 0 saturated heterocycles. The van der Waals surface area contributed by atoms with Crippen molar-refractivity contribution in [3.8, 4) is 11.8 Å². The zero-order valence-corrected chi connectivity index (χ0v) is 20.8. The molecular formula is C26H29BN2O6. The molecule has 8 nitrogen and oxygen atoms in total. The van der Waals surface area contributed by atoms with E-state index in [9.17, 15) is 9.59 Å². The van der Waals surface area contributed by atoms with Gasteiger partial charge >= 0.3 is 19.9 Å². The summed E-state index contributed by atoms with van der Waals surface area (Å²) in [5.74, 6) is 0.528. The highest BCUT2D eigenvalue weighted by atomic mass is 16.6. The van der Waals surface area contributed by atoms with Gasteiger partial charge in [-0.15, -0.1) is 0 Å². The number of hydrogen-bond donors (Lipinski definition) is 0. The number of benzene rings is 2. The molecule has 0 unspecified atom stereocenters. The van der Waals surface area contributed by atoms with Crippen LogP contribution in [0, 0.1) is 0 Å². The SMILES string of the molecule is CC(C)(C)OC(=O)n1c(OBOc2cc3ccccc3n2C(=O)OC(C)(C)C)cc2ccccc21. The lowest BCUT2D eigenvalue weighted by Crippen LogP contribution is -2.28. The van der Waals surface area contributed by atoms with E-state index in [1.807, 2.05) is 48.5 Å². The summed E-state index contributed by atoms with van der Waals surface area (Å²) >= 11 is 0. The van der Waals surface area contributed by atoms with Crippen LogP contribution in [0.25, 0.3) is 21.8 Å². The van der Waals surface area contributed by atoms with Crippen molar-refractivity contribution in [3.05, 3.63) is 60.7 Å². The van der Waals surface area contributed by atoms with Gasteiger partial charge in [0.2, 0.25) is 0 Å². The molecule has 0 aliphatic carbocycles. The van der Waals surface area contributed by atoms with Crippen LogP contribution in [0.2, 0.25) is 0 Å². The van der Waals surface area contributed by atoms with Crippen LogP contribution in [0.3, 0.4) is 0 Å². The summed E-state index contributed by atoms with van der Waals surface area (Å²) in [6.07, 6.45) is -1.12. The average molecular weight is 476 g/mol. The first-order chi connectivity index (χ1) is 16.4. The number of aromatic nitrogens is 2. The lowest BCUT2D eigenvalue weighted by Gasteiger charge is -2.21. The van der Waals surface area contributed by atoms with E-state index in [-0.39, 0.29) is 19.4 Å². The van der Waals surface area contributed by atoms with Crippen LogP contribution in [0.4, 0.5) is 9.59 Å². The normalized spacial score (nSPS) is 11.9. The fourth-order valence-electron chi connectivity index (χ4n) is 3.61. The molecule has 0 amide bonds. The molecule has 0 spiro atoms. The van der Waals surface area contributed by atoms with Gasteiger partial charge < -0.3 is 18.8 Å². The van der Waals surface area contributed by atoms with Gasteiger partial charge in [-0.05, 0) is 53.7 Å². The number of rotatable bonds is 4. The molecule has 9 heteroatoms. The van der Waals surface area contributed by atoms with Crippen LogP contribution in [0.1, 0.15) is 41.5 Å². The zero-order valence-electron chi connectivity index (χ0n) is 20.8. The van der Waals surface area contributed by atoms with Gasteiger partial charge in [-0.2, -0.15) is 0 Å². The highest BCUT2D eigenvalue weighted by Gasteiger charge is 2.25. The molecule has 0 aliphatic rings. The number of hydrogen-bond acceptors (Lipinski definition) is 6. The molecule has 2 aromatic heterocycles. The van der Waals surface area contributed by atoms with Crippen LogP contribution in [0.5, 0.6) is 11.8 Å². The first-order valence-corrected chi connectivity index (χ1v) is 11.4. The van der Waals surface area contributed by atoms with Crippen molar-refractivity contribution >= 4 is 41.7 Å². The Balaban J connectivity index is 1.61. The van der Waals surface area contributed by atoms with E-state index in [2.05, 4.69) is 0 Å². The van der Waals surface area contributed by atoms with E-state index in [0.29, 0.717) is 11.0 Å².